The molecule has 0 saturated heterocycles. The van der Waals surface area contributed by atoms with Crippen molar-refractivity contribution in [3.8, 4) is 5.75 Å². The van der Waals surface area contributed by atoms with E-state index in [1.165, 1.54) is 19.3 Å². The Labute approximate surface area is 108 Å². The lowest BCUT2D eigenvalue weighted by molar-refractivity contribution is -0.172. The van der Waals surface area contributed by atoms with E-state index in [0.29, 0.717) is 0 Å². The fraction of sp³-hybridized carbons (Fsp3) is 0.786. The summed E-state index contributed by atoms with van der Waals surface area (Å²) in [6, 6.07) is 0. The number of aliphatic hydroxyl groups excluding tert-OH is 1. The number of ether oxygens (including phenoxy) is 1. The summed E-state index contributed by atoms with van der Waals surface area (Å²) in [4.78, 5) is 0. The highest BCUT2D eigenvalue weighted by atomic mass is 16.5. The van der Waals surface area contributed by atoms with Crippen molar-refractivity contribution in [2.75, 3.05) is 0 Å². The van der Waals surface area contributed by atoms with Gasteiger partial charge in [-0.2, -0.15) is 5.10 Å². The Balaban J connectivity index is 1.69. The zero-order valence-electron chi connectivity index (χ0n) is 11.0. The molecule has 1 aromatic rings. The van der Waals surface area contributed by atoms with E-state index in [1.807, 2.05) is 10.9 Å². The van der Waals surface area contributed by atoms with E-state index in [2.05, 4.69) is 12.0 Å². The summed E-state index contributed by atoms with van der Waals surface area (Å²) < 4.78 is 7.93. The van der Waals surface area contributed by atoms with Gasteiger partial charge in [-0.05, 0) is 19.8 Å². The Morgan fingerprint density at radius 3 is 2.83 bits per heavy atom. The molecule has 4 nitrogen and oxygen atoms in total. The maximum atomic E-state index is 10.1. The molecule has 1 aromatic heterocycles. The normalized spacial score (nSPS) is 30.1. The quantitative estimate of drug-likeness (QED) is 0.896. The van der Waals surface area contributed by atoms with Crippen LogP contribution in [0.5, 0.6) is 5.75 Å². The molecule has 1 spiro atoms. The molecule has 0 aliphatic heterocycles. The fourth-order valence-electron chi connectivity index (χ4n) is 3.50. The van der Waals surface area contributed by atoms with Crippen LogP contribution in [-0.2, 0) is 6.54 Å². The van der Waals surface area contributed by atoms with E-state index in [4.69, 9.17) is 4.74 Å². The first-order chi connectivity index (χ1) is 8.74. The van der Waals surface area contributed by atoms with Gasteiger partial charge in [0, 0.05) is 18.4 Å². The van der Waals surface area contributed by atoms with Crippen molar-refractivity contribution in [3.05, 3.63) is 12.4 Å². The second-order valence-electron chi connectivity index (χ2n) is 5.68. The number of rotatable bonds is 3. The van der Waals surface area contributed by atoms with Crippen LogP contribution in [0.25, 0.3) is 0 Å². The van der Waals surface area contributed by atoms with Crippen molar-refractivity contribution in [1.82, 2.24) is 9.78 Å². The van der Waals surface area contributed by atoms with Gasteiger partial charge in [0.25, 0.3) is 0 Å². The maximum absolute atomic E-state index is 10.1. The minimum atomic E-state index is -0.163. The molecule has 2 aliphatic rings. The molecule has 2 aliphatic carbocycles. The standard InChI is InChI=1S/C14H22N2O2/c1-2-16-10-11(9-15-16)18-13-8-12(17)14(13)6-4-3-5-7-14/h9-10,12-13,17H,2-8H2,1H3. The number of aromatic nitrogens is 2. The maximum Gasteiger partial charge on any atom is 0.157 e. The fourth-order valence-corrected chi connectivity index (χ4v) is 3.50. The smallest absolute Gasteiger partial charge is 0.157 e. The minimum Gasteiger partial charge on any atom is -0.486 e. The zero-order chi connectivity index (χ0) is 12.6. The first kappa shape index (κ1) is 12.0. The summed E-state index contributed by atoms with van der Waals surface area (Å²) in [5, 5.41) is 14.4. The number of nitrogens with zero attached hydrogens (tertiary/aromatic N) is 2. The van der Waals surface area contributed by atoms with E-state index in [-0.39, 0.29) is 17.6 Å². The van der Waals surface area contributed by atoms with E-state index in [1.54, 1.807) is 6.20 Å². The van der Waals surface area contributed by atoms with Crippen molar-refractivity contribution in [2.45, 2.75) is 64.2 Å². The van der Waals surface area contributed by atoms with Gasteiger partial charge in [-0.25, -0.2) is 0 Å². The molecule has 18 heavy (non-hydrogen) atoms. The van der Waals surface area contributed by atoms with E-state index in [9.17, 15) is 5.11 Å². The van der Waals surface area contributed by atoms with Crippen LogP contribution in [0.2, 0.25) is 0 Å². The first-order valence-electron chi connectivity index (χ1n) is 7.12. The van der Waals surface area contributed by atoms with Gasteiger partial charge in [-0.3, -0.25) is 4.68 Å². The summed E-state index contributed by atoms with van der Waals surface area (Å²) in [5.74, 6) is 0.846. The SMILES string of the molecule is CCn1cc(OC2CC(O)C23CCCCC3)cn1. The molecule has 2 saturated carbocycles. The highest BCUT2D eigenvalue weighted by Gasteiger charge is 2.56. The van der Waals surface area contributed by atoms with Crippen LogP contribution < -0.4 is 4.74 Å². The second-order valence-corrected chi connectivity index (χ2v) is 5.68. The van der Waals surface area contributed by atoms with Gasteiger partial charge in [0.05, 0.1) is 18.5 Å². The van der Waals surface area contributed by atoms with Crippen molar-refractivity contribution < 1.29 is 9.84 Å². The van der Waals surface area contributed by atoms with Gasteiger partial charge < -0.3 is 9.84 Å². The van der Waals surface area contributed by atoms with Crippen LogP contribution in [-0.4, -0.2) is 27.1 Å². The molecule has 0 aromatic carbocycles. The number of hydrogen-bond donors (Lipinski definition) is 1. The average molecular weight is 250 g/mol. The van der Waals surface area contributed by atoms with Gasteiger partial charge in [0.15, 0.2) is 5.75 Å². The third-order valence-electron chi connectivity index (χ3n) is 4.74. The van der Waals surface area contributed by atoms with E-state index >= 15 is 0 Å². The molecule has 0 radical (unpaired) electrons. The van der Waals surface area contributed by atoms with Crippen LogP contribution in [0.3, 0.4) is 0 Å². The van der Waals surface area contributed by atoms with Gasteiger partial charge >= 0.3 is 0 Å². The zero-order valence-corrected chi connectivity index (χ0v) is 11.0. The Morgan fingerprint density at radius 2 is 2.22 bits per heavy atom. The Hall–Kier alpha value is -1.03. The average Bonchev–Trinajstić information content (AvgIpc) is 2.87. The summed E-state index contributed by atoms with van der Waals surface area (Å²) in [5.41, 5.74) is 0.0343. The second kappa shape index (κ2) is 4.57. The molecule has 1 N–H and O–H groups in total. The predicted octanol–water partition coefficient (Wildman–Crippen LogP) is 2.37. The van der Waals surface area contributed by atoms with E-state index < -0.39 is 0 Å². The summed E-state index contributed by atoms with van der Waals surface area (Å²) >= 11 is 0. The summed E-state index contributed by atoms with van der Waals surface area (Å²) in [7, 11) is 0. The molecule has 0 amide bonds. The van der Waals surface area contributed by atoms with Crippen molar-refractivity contribution in [1.29, 1.82) is 0 Å². The Morgan fingerprint density at radius 1 is 1.44 bits per heavy atom. The molecule has 2 atom stereocenters. The summed E-state index contributed by atoms with van der Waals surface area (Å²) in [6.45, 7) is 2.92. The van der Waals surface area contributed by atoms with Crippen molar-refractivity contribution in [3.63, 3.8) is 0 Å². The lowest BCUT2D eigenvalue weighted by Gasteiger charge is -2.54. The molecular weight excluding hydrogens is 228 g/mol. The summed E-state index contributed by atoms with van der Waals surface area (Å²) in [6.07, 6.45) is 10.5. The molecule has 1 heterocycles. The molecule has 3 rings (SSSR count). The number of aliphatic hydroxyl groups is 1. The molecule has 2 fully saturated rings. The third-order valence-corrected chi connectivity index (χ3v) is 4.74. The van der Waals surface area contributed by atoms with Gasteiger partial charge in [0.1, 0.15) is 6.10 Å². The lowest BCUT2D eigenvalue weighted by Crippen LogP contribution is -2.60. The molecule has 0 bridgehead atoms. The molecular formula is C14H22N2O2. The van der Waals surface area contributed by atoms with Crippen LogP contribution >= 0.6 is 0 Å². The van der Waals surface area contributed by atoms with Crippen LogP contribution in [0.1, 0.15) is 45.4 Å². The topological polar surface area (TPSA) is 47.3 Å². The molecule has 4 heteroatoms. The lowest BCUT2D eigenvalue weighted by atomic mass is 9.56. The van der Waals surface area contributed by atoms with Crippen LogP contribution in [0.15, 0.2) is 12.4 Å². The largest absolute Gasteiger partial charge is 0.486 e. The van der Waals surface area contributed by atoms with E-state index in [0.717, 1.165) is 31.6 Å². The first-order valence-corrected chi connectivity index (χ1v) is 7.12. The molecule has 100 valence electrons. The monoisotopic (exact) mass is 250 g/mol. The highest BCUT2D eigenvalue weighted by molar-refractivity contribution is 5.16. The number of hydrogen-bond acceptors (Lipinski definition) is 3. The van der Waals surface area contributed by atoms with Crippen molar-refractivity contribution >= 4 is 0 Å². The third kappa shape index (κ3) is 1.83. The number of aryl methyl sites for hydroxylation is 1. The van der Waals surface area contributed by atoms with Gasteiger partial charge in [0.2, 0.25) is 0 Å². The Kier molecular flexibility index (Phi) is 3.06. The predicted molar refractivity (Wildman–Crippen MR) is 68.5 cm³/mol. The van der Waals surface area contributed by atoms with Crippen LogP contribution in [0.4, 0.5) is 0 Å². The minimum absolute atomic E-state index is 0.0343. The van der Waals surface area contributed by atoms with Gasteiger partial charge in [-0.15, -0.1) is 0 Å². The highest BCUT2D eigenvalue weighted by Crippen LogP contribution is 2.53. The van der Waals surface area contributed by atoms with Gasteiger partial charge in [-0.1, -0.05) is 19.3 Å². The Bertz CT molecular complexity index is 410. The molecule has 2 unspecified atom stereocenters. The van der Waals surface area contributed by atoms with Crippen molar-refractivity contribution in [2.24, 2.45) is 5.41 Å². The van der Waals surface area contributed by atoms with Crippen LogP contribution in [0, 0.1) is 5.41 Å².